The largest absolute Gasteiger partial charge is 0.0654 e. The molecule has 62 valence electrons. The zero-order valence-electron chi connectivity index (χ0n) is 7.98. The molecule has 0 spiro atoms. The Morgan fingerprint density at radius 2 is 1.70 bits per heavy atom. The van der Waals surface area contributed by atoms with E-state index < -0.39 is 0 Å². The zero-order chi connectivity index (χ0) is 7.98. The fourth-order valence-corrected chi connectivity index (χ4v) is 1.48. The summed E-state index contributed by atoms with van der Waals surface area (Å²) in [7, 11) is 0. The van der Waals surface area contributed by atoms with Crippen LogP contribution < -0.4 is 0 Å². The van der Waals surface area contributed by atoms with Gasteiger partial charge in [-0.1, -0.05) is 47.0 Å². The molecule has 0 radical (unpaired) electrons. The lowest BCUT2D eigenvalue weighted by atomic mass is 9.94. The number of hydrogen-bond donors (Lipinski definition) is 0. The molecule has 0 amide bonds. The first-order valence-corrected chi connectivity index (χ1v) is 4.66. The van der Waals surface area contributed by atoms with Crippen molar-refractivity contribution in [2.75, 3.05) is 0 Å². The maximum atomic E-state index is 2.37. The predicted octanol–water partition coefficient (Wildman–Crippen LogP) is 3.86. The Hall–Kier alpha value is 0. The molecule has 0 N–H and O–H groups in total. The standard InChI is InChI=1S/C10H22/c1-5-6-7-10(4)8-9(2)3/h9-10H,5-8H2,1-4H3/t10-/m1/s1. The molecule has 0 heterocycles. The van der Waals surface area contributed by atoms with Gasteiger partial charge in [-0.2, -0.15) is 0 Å². The molecule has 0 aromatic heterocycles. The molecule has 0 rings (SSSR count). The van der Waals surface area contributed by atoms with Crippen molar-refractivity contribution in [3.05, 3.63) is 0 Å². The summed E-state index contributed by atoms with van der Waals surface area (Å²) < 4.78 is 0. The summed E-state index contributed by atoms with van der Waals surface area (Å²) in [4.78, 5) is 0. The van der Waals surface area contributed by atoms with Crippen molar-refractivity contribution in [2.45, 2.75) is 53.4 Å². The molecular weight excluding hydrogens is 120 g/mol. The van der Waals surface area contributed by atoms with E-state index in [9.17, 15) is 0 Å². The second-order valence-electron chi connectivity index (χ2n) is 3.88. The van der Waals surface area contributed by atoms with Gasteiger partial charge in [0.15, 0.2) is 0 Å². The first kappa shape index (κ1) is 10.0. The van der Waals surface area contributed by atoms with Crippen LogP contribution in [0.1, 0.15) is 53.4 Å². The Morgan fingerprint density at radius 1 is 1.10 bits per heavy atom. The summed E-state index contributed by atoms with van der Waals surface area (Å²) in [6.07, 6.45) is 5.59. The minimum Gasteiger partial charge on any atom is -0.0654 e. The molecule has 0 fully saturated rings. The van der Waals surface area contributed by atoms with Gasteiger partial charge in [-0.05, 0) is 18.3 Å². The molecule has 0 aromatic carbocycles. The van der Waals surface area contributed by atoms with E-state index in [0.717, 1.165) is 11.8 Å². The van der Waals surface area contributed by atoms with Gasteiger partial charge >= 0.3 is 0 Å². The number of rotatable bonds is 5. The minimum absolute atomic E-state index is 0.881. The first-order chi connectivity index (χ1) is 4.66. The average molecular weight is 142 g/mol. The van der Waals surface area contributed by atoms with Crippen LogP contribution in [-0.2, 0) is 0 Å². The van der Waals surface area contributed by atoms with Gasteiger partial charge in [0.05, 0.1) is 0 Å². The second-order valence-corrected chi connectivity index (χ2v) is 3.88. The van der Waals surface area contributed by atoms with E-state index in [2.05, 4.69) is 27.7 Å². The fraction of sp³-hybridized carbons (Fsp3) is 1.00. The van der Waals surface area contributed by atoms with Crippen molar-refractivity contribution in [1.82, 2.24) is 0 Å². The lowest BCUT2D eigenvalue weighted by Crippen LogP contribution is -1.99. The number of hydrogen-bond acceptors (Lipinski definition) is 0. The molecule has 0 unspecified atom stereocenters. The van der Waals surface area contributed by atoms with Gasteiger partial charge in [-0.3, -0.25) is 0 Å². The van der Waals surface area contributed by atoms with Crippen LogP contribution in [0.2, 0.25) is 0 Å². The summed E-state index contributed by atoms with van der Waals surface area (Å²) in [6.45, 7) is 9.25. The molecule has 0 aromatic rings. The van der Waals surface area contributed by atoms with Crippen molar-refractivity contribution in [1.29, 1.82) is 0 Å². The quantitative estimate of drug-likeness (QED) is 0.547. The van der Waals surface area contributed by atoms with E-state index in [-0.39, 0.29) is 0 Å². The fourth-order valence-electron chi connectivity index (χ4n) is 1.48. The Balaban J connectivity index is 3.16. The van der Waals surface area contributed by atoms with Gasteiger partial charge in [-0.15, -0.1) is 0 Å². The van der Waals surface area contributed by atoms with Crippen molar-refractivity contribution < 1.29 is 0 Å². The van der Waals surface area contributed by atoms with Crippen molar-refractivity contribution >= 4 is 0 Å². The van der Waals surface area contributed by atoms with Crippen LogP contribution in [0.15, 0.2) is 0 Å². The number of unbranched alkanes of at least 4 members (excludes halogenated alkanes) is 1. The smallest absolute Gasteiger partial charge is 0.0440 e. The topological polar surface area (TPSA) is 0 Å². The Kier molecular flexibility index (Phi) is 5.76. The third-order valence-electron chi connectivity index (χ3n) is 1.92. The van der Waals surface area contributed by atoms with Gasteiger partial charge in [0, 0.05) is 0 Å². The van der Waals surface area contributed by atoms with E-state index in [4.69, 9.17) is 0 Å². The molecule has 0 aliphatic heterocycles. The molecule has 0 saturated carbocycles. The highest BCUT2D eigenvalue weighted by Crippen LogP contribution is 2.16. The second kappa shape index (κ2) is 5.76. The van der Waals surface area contributed by atoms with Crippen molar-refractivity contribution in [2.24, 2.45) is 11.8 Å². The molecule has 1 atom stereocenters. The van der Waals surface area contributed by atoms with Gasteiger partial charge in [-0.25, -0.2) is 0 Å². The van der Waals surface area contributed by atoms with E-state index in [1.807, 2.05) is 0 Å². The van der Waals surface area contributed by atoms with E-state index in [1.165, 1.54) is 25.7 Å². The van der Waals surface area contributed by atoms with Gasteiger partial charge in [0.25, 0.3) is 0 Å². The normalized spacial score (nSPS) is 14.1. The highest BCUT2D eigenvalue weighted by molar-refractivity contribution is 4.55. The monoisotopic (exact) mass is 142 g/mol. The maximum absolute atomic E-state index is 2.37. The molecule has 10 heavy (non-hydrogen) atoms. The van der Waals surface area contributed by atoms with Crippen LogP contribution in [0.5, 0.6) is 0 Å². The molecule has 0 aliphatic carbocycles. The van der Waals surface area contributed by atoms with Crippen LogP contribution in [0.3, 0.4) is 0 Å². The van der Waals surface area contributed by atoms with Gasteiger partial charge in [0.1, 0.15) is 0 Å². The summed E-state index contributed by atoms with van der Waals surface area (Å²) in [5.74, 6) is 1.83. The zero-order valence-corrected chi connectivity index (χ0v) is 7.98. The third-order valence-corrected chi connectivity index (χ3v) is 1.92. The lowest BCUT2D eigenvalue weighted by molar-refractivity contribution is 0.404. The van der Waals surface area contributed by atoms with E-state index in [0.29, 0.717) is 0 Å². The Morgan fingerprint density at radius 3 is 2.10 bits per heavy atom. The first-order valence-electron chi connectivity index (χ1n) is 4.66. The van der Waals surface area contributed by atoms with Crippen molar-refractivity contribution in [3.8, 4) is 0 Å². The summed E-state index contributed by atoms with van der Waals surface area (Å²) in [6, 6.07) is 0. The molecule has 0 bridgehead atoms. The lowest BCUT2D eigenvalue weighted by Gasteiger charge is -2.12. The Bertz CT molecular complexity index is 64.4. The molecular formula is C10H22. The van der Waals surface area contributed by atoms with Gasteiger partial charge < -0.3 is 0 Å². The highest BCUT2D eigenvalue weighted by Gasteiger charge is 2.03. The molecule has 0 nitrogen and oxygen atoms in total. The van der Waals surface area contributed by atoms with Crippen LogP contribution in [0.4, 0.5) is 0 Å². The minimum atomic E-state index is 0.881. The maximum Gasteiger partial charge on any atom is -0.0440 e. The SMILES string of the molecule is CCCC[C@@H](C)CC(C)C. The average Bonchev–Trinajstić information content (AvgIpc) is 1.82. The molecule has 0 saturated heterocycles. The molecule has 0 heteroatoms. The highest BCUT2D eigenvalue weighted by atomic mass is 14.1. The van der Waals surface area contributed by atoms with Crippen LogP contribution in [0, 0.1) is 11.8 Å². The van der Waals surface area contributed by atoms with E-state index >= 15 is 0 Å². The Labute approximate surface area is 66.0 Å². The van der Waals surface area contributed by atoms with Crippen molar-refractivity contribution in [3.63, 3.8) is 0 Å². The summed E-state index contributed by atoms with van der Waals surface area (Å²) >= 11 is 0. The van der Waals surface area contributed by atoms with Crippen LogP contribution >= 0.6 is 0 Å². The van der Waals surface area contributed by atoms with E-state index in [1.54, 1.807) is 0 Å². The van der Waals surface area contributed by atoms with Gasteiger partial charge in [0.2, 0.25) is 0 Å². The third kappa shape index (κ3) is 6.12. The summed E-state index contributed by atoms with van der Waals surface area (Å²) in [5.41, 5.74) is 0. The summed E-state index contributed by atoms with van der Waals surface area (Å²) in [5, 5.41) is 0. The molecule has 0 aliphatic rings. The predicted molar refractivity (Wildman–Crippen MR) is 48.1 cm³/mol. The van der Waals surface area contributed by atoms with Crippen LogP contribution in [-0.4, -0.2) is 0 Å². The van der Waals surface area contributed by atoms with Crippen LogP contribution in [0.25, 0.3) is 0 Å².